The molecule has 1 aliphatic rings. The molecule has 0 radical (unpaired) electrons. The van der Waals surface area contributed by atoms with Gasteiger partial charge in [-0.15, -0.1) is 5.10 Å². The Kier molecular flexibility index (Phi) is 5.01. The van der Waals surface area contributed by atoms with Crippen molar-refractivity contribution in [3.8, 4) is 11.5 Å². The fourth-order valence-electron chi connectivity index (χ4n) is 3.13. The first-order valence-electron chi connectivity index (χ1n) is 8.58. The molecule has 6 nitrogen and oxygen atoms in total. The summed E-state index contributed by atoms with van der Waals surface area (Å²) in [4.78, 5) is 7.50. The summed E-state index contributed by atoms with van der Waals surface area (Å²) in [5.74, 6) is 1.69. The van der Waals surface area contributed by atoms with Crippen LogP contribution in [-0.2, 0) is 6.67 Å². The van der Waals surface area contributed by atoms with Gasteiger partial charge in [0.2, 0.25) is 5.89 Å². The summed E-state index contributed by atoms with van der Waals surface area (Å²) in [7, 11) is 0. The number of nitrogens with zero attached hydrogens (tertiary/aromatic N) is 3. The van der Waals surface area contributed by atoms with Crippen molar-refractivity contribution in [3.05, 3.63) is 58.5 Å². The Morgan fingerprint density at radius 3 is 2.62 bits per heavy atom. The third kappa shape index (κ3) is 3.80. The number of aromatic nitrogens is 3. The first-order valence-corrected chi connectivity index (χ1v) is 9.37. The van der Waals surface area contributed by atoms with E-state index in [0.717, 1.165) is 37.6 Å². The van der Waals surface area contributed by atoms with E-state index in [9.17, 15) is 0 Å². The number of pyridine rings is 1. The van der Waals surface area contributed by atoms with Gasteiger partial charge in [0.15, 0.2) is 6.67 Å². The lowest BCUT2D eigenvalue weighted by atomic mass is 10.2. The lowest BCUT2D eigenvalue weighted by molar-refractivity contribution is -0.924. The Balaban J connectivity index is 1.41. The molecule has 0 unspecified atom stereocenters. The van der Waals surface area contributed by atoms with Crippen molar-refractivity contribution in [2.24, 2.45) is 0 Å². The van der Waals surface area contributed by atoms with Crippen LogP contribution in [0.15, 0.2) is 53.1 Å². The van der Waals surface area contributed by atoms with Gasteiger partial charge in [-0.05, 0) is 42.5 Å². The van der Waals surface area contributed by atoms with Gasteiger partial charge in [0.1, 0.15) is 26.2 Å². The molecule has 0 spiro atoms. The van der Waals surface area contributed by atoms with Gasteiger partial charge in [0, 0.05) is 16.7 Å². The highest BCUT2D eigenvalue weighted by Gasteiger charge is 2.26. The first-order chi connectivity index (χ1) is 12.7. The Morgan fingerprint density at radius 2 is 1.92 bits per heavy atom. The largest absolute Gasteiger partial charge is 0.409 e. The summed E-state index contributed by atoms with van der Waals surface area (Å²) >= 11 is 11.3. The Morgan fingerprint density at radius 1 is 1.15 bits per heavy atom. The quantitative estimate of drug-likeness (QED) is 0.690. The Labute approximate surface area is 161 Å². The molecule has 1 aromatic carbocycles. The molecule has 4 rings (SSSR count). The molecule has 26 heavy (non-hydrogen) atoms. The van der Waals surface area contributed by atoms with Crippen molar-refractivity contribution in [2.75, 3.05) is 31.1 Å². The van der Waals surface area contributed by atoms with Crippen molar-refractivity contribution < 1.29 is 14.3 Å². The lowest BCUT2D eigenvalue weighted by Crippen LogP contribution is -3.14. The highest BCUT2D eigenvalue weighted by Crippen LogP contribution is 2.20. The van der Waals surface area contributed by atoms with Crippen LogP contribution in [0.2, 0.25) is 5.02 Å². The van der Waals surface area contributed by atoms with E-state index in [1.54, 1.807) is 4.68 Å². The third-order valence-corrected chi connectivity index (χ3v) is 5.12. The zero-order valence-electron chi connectivity index (χ0n) is 14.2. The molecule has 0 amide bonds. The maximum Gasteiger partial charge on any atom is 0.292 e. The minimum atomic E-state index is 0.404. The molecule has 2 N–H and O–H groups in total. The van der Waals surface area contributed by atoms with Crippen LogP contribution in [0.1, 0.15) is 0 Å². The molecule has 0 atom stereocenters. The molecular weight excluding hydrogens is 370 g/mol. The molecule has 3 aromatic rings. The summed E-state index contributed by atoms with van der Waals surface area (Å²) in [6.45, 7) is 4.74. The minimum absolute atomic E-state index is 0.404. The van der Waals surface area contributed by atoms with Gasteiger partial charge in [-0.25, -0.2) is 4.98 Å². The Hall–Kier alpha value is -2.22. The van der Waals surface area contributed by atoms with Crippen LogP contribution in [0.4, 0.5) is 5.82 Å². The summed E-state index contributed by atoms with van der Waals surface area (Å²) < 4.78 is 7.44. The number of aromatic amines is 1. The second-order valence-electron chi connectivity index (χ2n) is 6.32. The number of H-pyrrole nitrogens is 1. The molecular formula is C18H20ClN5OS+2. The fraction of sp³-hybridized carbons (Fsp3) is 0.278. The van der Waals surface area contributed by atoms with Gasteiger partial charge in [-0.2, -0.15) is 4.68 Å². The van der Waals surface area contributed by atoms with Crippen LogP contribution in [0.5, 0.6) is 0 Å². The van der Waals surface area contributed by atoms with Gasteiger partial charge >= 0.3 is 0 Å². The molecule has 1 fully saturated rings. The van der Waals surface area contributed by atoms with Gasteiger partial charge in [0.25, 0.3) is 10.7 Å². The van der Waals surface area contributed by atoms with Crippen LogP contribution in [0.3, 0.4) is 0 Å². The number of hydrogen-bond donors (Lipinski definition) is 1. The average molecular weight is 390 g/mol. The number of quaternary nitrogens is 1. The van der Waals surface area contributed by atoms with Crippen LogP contribution in [0, 0.1) is 4.84 Å². The predicted molar refractivity (Wildman–Crippen MR) is 102 cm³/mol. The number of hydrogen-bond acceptors (Lipinski definition) is 4. The van der Waals surface area contributed by atoms with Gasteiger partial charge in [0.05, 0.1) is 6.20 Å². The zero-order chi connectivity index (χ0) is 17.9. The molecule has 0 bridgehead atoms. The van der Waals surface area contributed by atoms with E-state index in [1.165, 1.54) is 4.90 Å². The zero-order valence-corrected chi connectivity index (χ0v) is 15.8. The van der Waals surface area contributed by atoms with Gasteiger partial charge < -0.3 is 9.32 Å². The number of piperazine rings is 1. The van der Waals surface area contributed by atoms with E-state index in [1.807, 2.05) is 36.5 Å². The van der Waals surface area contributed by atoms with Gasteiger partial charge in [-0.3, -0.25) is 4.90 Å². The number of anilines is 1. The molecule has 0 saturated carbocycles. The molecule has 0 aliphatic carbocycles. The molecule has 8 heteroatoms. The van der Waals surface area contributed by atoms with Crippen molar-refractivity contribution in [1.82, 2.24) is 9.78 Å². The normalized spacial score (nSPS) is 15.3. The summed E-state index contributed by atoms with van der Waals surface area (Å²) in [6.07, 6.45) is 1.96. The summed E-state index contributed by atoms with van der Waals surface area (Å²) in [5.41, 5.74) is 0.874. The monoisotopic (exact) mass is 389 g/mol. The smallest absolute Gasteiger partial charge is 0.292 e. The second-order valence-corrected chi connectivity index (χ2v) is 7.11. The van der Waals surface area contributed by atoms with Crippen molar-refractivity contribution >= 4 is 29.6 Å². The minimum Gasteiger partial charge on any atom is -0.409 e. The van der Waals surface area contributed by atoms with Crippen LogP contribution in [-0.4, -0.2) is 36.0 Å². The Bertz CT molecular complexity index is 917. The molecule has 1 aliphatic heterocycles. The number of nitrogens with one attached hydrogen (secondary N) is 2. The number of benzene rings is 1. The van der Waals surface area contributed by atoms with E-state index >= 15 is 0 Å². The standard InChI is InChI=1S/C18H18ClN5OS/c19-15-6-4-14(5-7-15)17-21-24(18(26)25-17)13-22-9-11-23(12-10-22)16-3-1-2-8-20-16/h1-8H,9-13H2/p+2. The molecule has 1 saturated heterocycles. The SMILES string of the molecule is S=c1oc(-c2ccc(Cl)cc2)nn1C[NH+]1CCN(c2cccc[nH+]2)CC1. The van der Waals surface area contributed by atoms with Crippen LogP contribution in [0.25, 0.3) is 11.5 Å². The maximum atomic E-state index is 5.93. The van der Waals surface area contributed by atoms with E-state index in [0.29, 0.717) is 22.4 Å². The van der Waals surface area contributed by atoms with E-state index < -0.39 is 0 Å². The van der Waals surface area contributed by atoms with Crippen molar-refractivity contribution in [2.45, 2.75) is 6.67 Å². The summed E-state index contributed by atoms with van der Waals surface area (Å²) in [5, 5.41) is 5.23. The number of halogens is 1. The highest BCUT2D eigenvalue weighted by atomic mass is 35.5. The topological polar surface area (TPSA) is 52.8 Å². The van der Waals surface area contributed by atoms with Gasteiger partial charge in [-0.1, -0.05) is 17.7 Å². The van der Waals surface area contributed by atoms with Crippen molar-refractivity contribution in [1.29, 1.82) is 0 Å². The highest BCUT2D eigenvalue weighted by molar-refractivity contribution is 7.71. The summed E-state index contributed by atoms with van der Waals surface area (Å²) in [6, 6.07) is 13.6. The molecule has 3 heterocycles. The molecule has 134 valence electrons. The fourth-order valence-corrected chi connectivity index (χ4v) is 3.44. The predicted octanol–water partition coefficient (Wildman–Crippen LogP) is 1.70. The number of rotatable bonds is 4. The molecule has 2 aromatic heterocycles. The average Bonchev–Trinajstić information content (AvgIpc) is 3.04. The van der Waals surface area contributed by atoms with E-state index in [4.69, 9.17) is 28.2 Å². The lowest BCUT2D eigenvalue weighted by Gasteiger charge is -2.27. The first kappa shape index (κ1) is 17.2. The van der Waals surface area contributed by atoms with E-state index in [-0.39, 0.29) is 0 Å². The third-order valence-electron chi connectivity index (χ3n) is 4.57. The second kappa shape index (κ2) is 7.57. The van der Waals surface area contributed by atoms with Crippen LogP contribution >= 0.6 is 23.8 Å². The maximum absolute atomic E-state index is 5.93. The van der Waals surface area contributed by atoms with Crippen LogP contribution < -0.4 is 14.8 Å². The van der Waals surface area contributed by atoms with Crippen molar-refractivity contribution in [3.63, 3.8) is 0 Å². The van der Waals surface area contributed by atoms with E-state index in [2.05, 4.69) is 27.1 Å².